The first-order chi connectivity index (χ1) is 12.0. The first-order valence-corrected chi connectivity index (χ1v) is 11.1. The summed E-state index contributed by atoms with van der Waals surface area (Å²) in [4.78, 5) is 14.5. The summed E-state index contributed by atoms with van der Waals surface area (Å²) in [5.74, 6) is 0.311. The van der Waals surface area contributed by atoms with Gasteiger partial charge in [0.15, 0.2) is 9.84 Å². The van der Waals surface area contributed by atoms with Crippen LogP contribution in [-0.4, -0.2) is 43.8 Å². The average Bonchev–Trinajstić information content (AvgIpc) is 2.94. The number of carbonyl (C=O) groups excluding carboxylic acids is 1. The Morgan fingerprint density at radius 2 is 1.76 bits per heavy atom. The van der Waals surface area contributed by atoms with Crippen LogP contribution in [-0.2, 0) is 27.7 Å². The summed E-state index contributed by atoms with van der Waals surface area (Å²) in [5.41, 5.74) is 2.39. The van der Waals surface area contributed by atoms with Crippen LogP contribution in [0.2, 0.25) is 0 Å². The Balaban J connectivity index is 1.41. The molecule has 1 amide bonds. The molecule has 0 radical (unpaired) electrons. The summed E-state index contributed by atoms with van der Waals surface area (Å²) in [7, 11) is -2.91. The van der Waals surface area contributed by atoms with Gasteiger partial charge >= 0.3 is 0 Å². The van der Waals surface area contributed by atoms with Gasteiger partial charge in [0, 0.05) is 19.5 Å². The first-order valence-electron chi connectivity index (χ1n) is 9.27. The third-order valence-corrected chi connectivity index (χ3v) is 7.01. The Kier molecular flexibility index (Phi) is 6.12. The molecular weight excluding hydrogens is 336 g/mol. The lowest BCUT2D eigenvalue weighted by Crippen LogP contribution is -2.29. The molecule has 2 aliphatic heterocycles. The van der Waals surface area contributed by atoms with E-state index in [1.165, 1.54) is 37.9 Å². The third-order valence-electron chi connectivity index (χ3n) is 5.17. The number of nitrogens with one attached hydrogen (secondary N) is 1. The van der Waals surface area contributed by atoms with Crippen molar-refractivity contribution >= 4 is 15.7 Å². The molecule has 6 heteroatoms. The summed E-state index contributed by atoms with van der Waals surface area (Å²) in [6, 6.07) is 8.42. The van der Waals surface area contributed by atoms with Crippen molar-refractivity contribution in [3.05, 3.63) is 35.4 Å². The fourth-order valence-corrected chi connectivity index (χ4v) is 5.57. The molecule has 5 nitrogen and oxygen atoms in total. The number of sulfone groups is 1. The minimum atomic E-state index is -2.91. The van der Waals surface area contributed by atoms with Crippen LogP contribution in [0.25, 0.3) is 0 Å². The monoisotopic (exact) mass is 364 g/mol. The van der Waals surface area contributed by atoms with Crippen LogP contribution in [0.3, 0.4) is 0 Å². The van der Waals surface area contributed by atoms with Gasteiger partial charge < -0.3 is 5.32 Å². The summed E-state index contributed by atoms with van der Waals surface area (Å²) in [5, 5.41) is 2.91. The zero-order valence-corrected chi connectivity index (χ0v) is 15.6. The van der Waals surface area contributed by atoms with Gasteiger partial charge in [-0.3, -0.25) is 9.69 Å². The van der Waals surface area contributed by atoms with Crippen LogP contribution >= 0.6 is 0 Å². The molecule has 0 saturated carbocycles. The molecule has 2 saturated heterocycles. The number of benzene rings is 1. The number of nitrogens with zero attached hydrogens (tertiary/aromatic N) is 1. The van der Waals surface area contributed by atoms with E-state index in [-0.39, 0.29) is 23.3 Å². The van der Waals surface area contributed by atoms with Gasteiger partial charge in [0.2, 0.25) is 5.91 Å². The van der Waals surface area contributed by atoms with Crippen molar-refractivity contribution in [2.24, 2.45) is 5.92 Å². The van der Waals surface area contributed by atoms with Gasteiger partial charge in [0.05, 0.1) is 11.5 Å². The van der Waals surface area contributed by atoms with Crippen molar-refractivity contribution < 1.29 is 13.2 Å². The number of hydrogen-bond acceptors (Lipinski definition) is 4. The summed E-state index contributed by atoms with van der Waals surface area (Å²) in [6.07, 6.45) is 4.87. The normalized spacial score (nSPS) is 23.4. The molecular formula is C19H28N2O3S. The van der Waals surface area contributed by atoms with E-state index >= 15 is 0 Å². The van der Waals surface area contributed by atoms with Crippen LogP contribution in [0.4, 0.5) is 0 Å². The van der Waals surface area contributed by atoms with E-state index in [0.717, 1.165) is 12.1 Å². The molecule has 0 bridgehead atoms. The van der Waals surface area contributed by atoms with E-state index in [2.05, 4.69) is 34.5 Å². The zero-order chi connectivity index (χ0) is 17.7. The van der Waals surface area contributed by atoms with Crippen LogP contribution < -0.4 is 5.32 Å². The van der Waals surface area contributed by atoms with Crippen LogP contribution in [0, 0.1) is 5.92 Å². The van der Waals surface area contributed by atoms with E-state index in [1.807, 2.05) is 0 Å². The number of likely N-dealkylation sites (tertiary alicyclic amines) is 1. The Morgan fingerprint density at radius 3 is 2.40 bits per heavy atom. The first kappa shape index (κ1) is 18.4. The van der Waals surface area contributed by atoms with Gasteiger partial charge in [-0.15, -0.1) is 0 Å². The second-order valence-electron chi connectivity index (χ2n) is 7.40. The molecule has 0 aromatic heterocycles. The summed E-state index contributed by atoms with van der Waals surface area (Å²) in [6.45, 7) is 3.88. The van der Waals surface area contributed by atoms with E-state index in [0.29, 0.717) is 19.4 Å². The highest BCUT2D eigenvalue weighted by atomic mass is 32.2. The van der Waals surface area contributed by atoms with Gasteiger partial charge in [-0.2, -0.15) is 0 Å². The molecule has 0 spiro atoms. The standard InChI is InChI=1S/C19H28N2O3S/c22-19(12-18-8-11-25(23,24)15-18)20-13-16-4-6-17(7-5-16)14-21-9-2-1-3-10-21/h4-7,18H,1-3,8-15H2,(H,20,22). The molecule has 1 aromatic rings. The molecule has 1 unspecified atom stereocenters. The quantitative estimate of drug-likeness (QED) is 0.840. The number of piperidine rings is 1. The molecule has 1 aromatic carbocycles. The van der Waals surface area contributed by atoms with Crippen LogP contribution in [0.1, 0.15) is 43.2 Å². The third kappa shape index (κ3) is 5.82. The van der Waals surface area contributed by atoms with E-state index < -0.39 is 9.84 Å². The van der Waals surface area contributed by atoms with Gasteiger partial charge in [0.25, 0.3) is 0 Å². The van der Waals surface area contributed by atoms with Gasteiger partial charge in [-0.05, 0) is 49.4 Å². The second-order valence-corrected chi connectivity index (χ2v) is 9.63. The minimum absolute atomic E-state index is 0.0167. The minimum Gasteiger partial charge on any atom is -0.352 e. The lowest BCUT2D eigenvalue weighted by Gasteiger charge is -2.26. The molecule has 1 atom stereocenters. The maximum absolute atomic E-state index is 12.0. The van der Waals surface area contributed by atoms with Gasteiger partial charge in [0.1, 0.15) is 0 Å². The van der Waals surface area contributed by atoms with Crippen molar-refractivity contribution in [2.45, 2.75) is 45.2 Å². The number of amides is 1. The predicted molar refractivity (Wildman–Crippen MR) is 98.8 cm³/mol. The number of hydrogen-bond donors (Lipinski definition) is 1. The Labute approximate surface area is 150 Å². The zero-order valence-electron chi connectivity index (χ0n) is 14.7. The van der Waals surface area contributed by atoms with E-state index in [4.69, 9.17) is 0 Å². The Morgan fingerprint density at radius 1 is 1.08 bits per heavy atom. The molecule has 2 heterocycles. The molecule has 2 aliphatic rings. The Hall–Kier alpha value is -1.40. The summed E-state index contributed by atoms with van der Waals surface area (Å²) < 4.78 is 22.9. The smallest absolute Gasteiger partial charge is 0.220 e. The molecule has 138 valence electrons. The van der Waals surface area contributed by atoms with Gasteiger partial charge in [-0.25, -0.2) is 8.42 Å². The van der Waals surface area contributed by atoms with E-state index in [9.17, 15) is 13.2 Å². The molecule has 3 rings (SSSR count). The molecule has 25 heavy (non-hydrogen) atoms. The predicted octanol–water partition coefficient (Wildman–Crippen LogP) is 2.11. The highest BCUT2D eigenvalue weighted by Crippen LogP contribution is 2.21. The maximum Gasteiger partial charge on any atom is 0.220 e. The largest absolute Gasteiger partial charge is 0.352 e. The summed E-state index contributed by atoms with van der Waals surface area (Å²) >= 11 is 0. The Bertz CT molecular complexity index is 679. The van der Waals surface area contributed by atoms with Crippen LogP contribution in [0.15, 0.2) is 24.3 Å². The average molecular weight is 365 g/mol. The van der Waals surface area contributed by atoms with Crippen molar-refractivity contribution in [3.8, 4) is 0 Å². The van der Waals surface area contributed by atoms with Crippen molar-refractivity contribution in [1.29, 1.82) is 0 Å². The van der Waals surface area contributed by atoms with Crippen molar-refractivity contribution in [2.75, 3.05) is 24.6 Å². The van der Waals surface area contributed by atoms with Crippen molar-refractivity contribution in [3.63, 3.8) is 0 Å². The highest BCUT2D eigenvalue weighted by Gasteiger charge is 2.29. The second kappa shape index (κ2) is 8.32. The molecule has 0 aliphatic carbocycles. The molecule has 1 N–H and O–H groups in total. The topological polar surface area (TPSA) is 66.5 Å². The van der Waals surface area contributed by atoms with E-state index in [1.54, 1.807) is 0 Å². The number of rotatable bonds is 6. The maximum atomic E-state index is 12.0. The van der Waals surface area contributed by atoms with Gasteiger partial charge in [-0.1, -0.05) is 30.7 Å². The van der Waals surface area contributed by atoms with Crippen LogP contribution in [0.5, 0.6) is 0 Å². The fraction of sp³-hybridized carbons (Fsp3) is 0.632. The number of carbonyl (C=O) groups is 1. The molecule has 2 fully saturated rings. The highest BCUT2D eigenvalue weighted by molar-refractivity contribution is 7.91. The lowest BCUT2D eigenvalue weighted by molar-refractivity contribution is -0.122. The van der Waals surface area contributed by atoms with Crippen molar-refractivity contribution in [1.82, 2.24) is 10.2 Å². The SMILES string of the molecule is O=C(CC1CCS(=O)(=O)C1)NCc1ccc(CN2CCCCC2)cc1. The lowest BCUT2D eigenvalue weighted by atomic mass is 10.0. The fourth-order valence-electron chi connectivity index (χ4n) is 3.71.